The molecule has 0 saturated carbocycles. The van der Waals surface area contributed by atoms with Crippen LogP contribution >= 0.6 is 34.3 Å². The summed E-state index contributed by atoms with van der Waals surface area (Å²) in [5.74, 6) is -0.911. The molecule has 0 unspecified atom stereocenters. The van der Waals surface area contributed by atoms with Crippen LogP contribution in [-0.2, 0) is 16.0 Å². The molecule has 2 aromatic rings. The summed E-state index contributed by atoms with van der Waals surface area (Å²) in [6.45, 7) is 0.490. The van der Waals surface area contributed by atoms with Crippen molar-refractivity contribution in [2.75, 3.05) is 6.54 Å². The molecule has 0 fully saturated rings. The van der Waals surface area contributed by atoms with Crippen LogP contribution in [0.3, 0.4) is 0 Å². The van der Waals surface area contributed by atoms with Gasteiger partial charge in [-0.25, -0.2) is 4.98 Å². The average molecular weight is 359 g/mol. The second-order valence-corrected chi connectivity index (χ2v) is 7.20. The van der Waals surface area contributed by atoms with Gasteiger partial charge in [0.2, 0.25) is 5.91 Å². The van der Waals surface area contributed by atoms with Crippen LogP contribution in [0.1, 0.15) is 25.0 Å². The fourth-order valence-electron chi connectivity index (χ4n) is 1.79. The van der Waals surface area contributed by atoms with Crippen molar-refractivity contribution in [2.24, 2.45) is 0 Å². The van der Waals surface area contributed by atoms with Gasteiger partial charge in [-0.2, -0.15) is 0 Å². The Hall–Kier alpha value is -1.44. The van der Waals surface area contributed by atoms with Crippen LogP contribution in [-0.4, -0.2) is 28.5 Å². The number of thiazole rings is 1. The largest absolute Gasteiger partial charge is 0.481 e. The number of carbonyl (C=O) groups excluding carboxylic acids is 1. The number of carbonyl (C=O) groups is 2. The highest BCUT2D eigenvalue weighted by Crippen LogP contribution is 2.32. The Morgan fingerprint density at radius 1 is 1.32 bits per heavy atom. The van der Waals surface area contributed by atoms with Gasteiger partial charge in [0.15, 0.2) is 0 Å². The molecule has 2 rings (SSSR count). The van der Waals surface area contributed by atoms with E-state index in [4.69, 9.17) is 16.7 Å². The number of hydrogen-bond acceptors (Lipinski definition) is 5. The fourth-order valence-corrected chi connectivity index (χ4v) is 3.72. The summed E-state index contributed by atoms with van der Waals surface area (Å²) < 4.78 is 0.714. The third-order valence-corrected chi connectivity index (χ3v) is 5.11. The number of aromatic nitrogens is 1. The maximum Gasteiger partial charge on any atom is 0.303 e. The normalized spacial score (nSPS) is 10.6. The molecule has 0 spiro atoms. The Labute approximate surface area is 141 Å². The number of carboxylic acid groups (broad SMARTS) is 1. The van der Waals surface area contributed by atoms with Crippen molar-refractivity contribution in [1.82, 2.24) is 10.3 Å². The van der Waals surface area contributed by atoms with Crippen molar-refractivity contribution >= 4 is 46.2 Å². The average Bonchev–Trinajstić information content (AvgIpc) is 3.07. The van der Waals surface area contributed by atoms with Gasteiger partial charge in [-0.1, -0.05) is 11.6 Å². The van der Waals surface area contributed by atoms with E-state index < -0.39 is 5.97 Å². The second kappa shape index (κ2) is 8.26. The van der Waals surface area contributed by atoms with Crippen LogP contribution in [0, 0.1) is 0 Å². The number of amides is 1. The highest BCUT2D eigenvalue weighted by Gasteiger charge is 2.10. The molecule has 118 valence electrons. The van der Waals surface area contributed by atoms with Crippen LogP contribution < -0.4 is 5.32 Å². The molecule has 2 heterocycles. The molecule has 2 aromatic heterocycles. The molecule has 8 heteroatoms. The molecule has 22 heavy (non-hydrogen) atoms. The summed E-state index contributed by atoms with van der Waals surface area (Å²) in [7, 11) is 0. The zero-order valence-electron chi connectivity index (χ0n) is 11.7. The third-order valence-electron chi connectivity index (χ3n) is 2.82. The van der Waals surface area contributed by atoms with Crippen LogP contribution in [0.2, 0.25) is 4.34 Å². The minimum absolute atomic E-state index is 0.101. The third kappa shape index (κ3) is 5.40. The number of halogens is 1. The van der Waals surface area contributed by atoms with Crippen LogP contribution in [0.5, 0.6) is 0 Å². The highest BCUT2D eigenvalue weighted by atomic mass is 35.5. The number of unbranched alkanes of at least 4 members (excludes halogenated alkanes) is 1. The maximum absolute atomic E-state index is 11.8. The van der Waals surface area contributed by atoms with Crippen molar-refractivity contribution in [3.8, 4) is 9.88 Å². The van der Waals surface area contributed by atoms with Gasteiger partial charge >= 0.3 is 5.97 Å². The molecule has 0 atom stereocenters. The number of thiophene rings is 1. The number of nitrogens with zero attached hydrogens (tertiary/aromatic N) is 1. The first-order chi connectivity index (χ1) is 10.5. The number of carboxylic acids is 1. The molecule has 1 amide bonds. The van der Waals surface area contributed by atoms with Gasteiger partial charge in [0, 0.05) is 18.3 Å². The SMILES string of the molecule is O=C(O)CCCCNC(=O)Cc1csc(-c2ccc(Cl)s2)n1. The molecule has 0 aromatic carbocycles. The molecule has 0 bridgehead atoms. The van der Waals surface area contributed by atoms with Crippen molar-refractivity contribution in [2.45, 2.75) is 25.7 Å². The molecule has 0 saturated heterocycles. The highest BCUT2D eigenvalue weighted by molar-refractivity contribution is 7.23. The summed E-state index contributed by atoms with van der Waals surface area (Å²) in [4.78, 5) is 27.6. The Bertz CT molecular complexity index is 654. The number of aliphatic carboxylic acids is 1. The molecular formula is C14H15ClN2O3S2. The van der Waals surface area contributed by atoms with E-state index in [1.165, 1.54) is 22.7 Å². The van der Waals surface area contributed by atoms with Crippen molar-refractivity contribution < 1.29 is 14.7 Å². The zero-order valence-corrected chi connectivity index (χ0v) is 14.1. The number of hydrogen-bond donors (Lipinski definition) is 2. The van der Waals surface area contributed by atoms with Gasteiger partial charge < -0.3 is 10.4 Å². The van der Waals surface area contributed by atoms with Gasteiger partial charge in [0.1, 0.15) is 5.01 Å². The van der Waals surface area contributed by atoms with Gasteiger partial charge in [0.25, 0.3) is 0 Å². The number of nitrogens with one attached hydrogen (secondary N) is 1. The second-order valence-electron chi connectivity index (χ2n) is 4.63. The van der Waals surface area contributed by atoms with E-state index in [0.29, 0.717) is 23.7 Å². The number of rotatable bonds is 8. The Morgan fingerprint density at radius 3 is 2.82 bits per heavy atom. The van der Waals surface area contributed by atoms with E-state index >= 15 is 0 Å². The molecule has 2 N–H and O–H groups in total. The quantitative estimate of drug-likeness (QED) is 0.708. The summed E-state index contributed by atoms with van der Waals surface area (Å²) in [6, 6.07) is 3.74. The van der Waals surface area contributed by atoms with Crippen molar-refractivity contribution in [3.63, 3.8) is 0 Å². The summed E-state index contributed by atoms with van der Waals surface area (Å²) in [5, 5.41) is 14.0. The van der Waals surface area contributed by atoms with E-state index in [1.54, 1.807) is 0 Å². The summed E-state index contributed by atoms with van der Waals surface area (Å²) in [6.07, 6.45) is 1.59. The van der Waals surface area contributed by atoms with Crippen molar-refractivity contribution in [1.29, 1.82) is 0 Å². The maximum atomic E-state index is 11.8. The van der Waals surface area contributed by atoms with E-state index in [9.17, 15) is 9.59 Å². The molecule has 0 radical (unpaired) electrons. The lowest BCUT2D eigenvalue weighted by Gasteiger charge is -2.02. The minimum Gasteiger partial charge on any atom is -0.481 e. The topological polar surface area (TPSA) is 79.3 Å². The van der Waals surface area contributed by atoms with E-state index in [1.807, 2.05) is 17.5 Å². The smallest absolute Gasteiger partial charge is 0.303 e. The van der Waals surface area contributed by atoms with E-state index in [-0.39, 0.29) is 18.7 Å². The molecule has 0 aliphatic rings. The monoisotopic (exact) mass is 358 g/mol. The molecule has 0 aliphatic heterocycles. The molecule has 5 nitrogen and oxygen atoms in total. The first-order valence-corrected chi connectivity index (χ1v) is 8.80. The minimum atomic E-state index is -0.810. The Kier molecular flexibility index (Phi) is 6.35. The lowest BCUT2D eigenvalue weighted by Crippen LogP contribution is -2.26. The molecular weight excluding hydrogens is 344 g/mol. The summed E-state index contributed by atoms with van der Waals surface area (Å²) in [5.41, 5.74) is 0.729. The van der Waals surface area contributed by atoms with Gasteiger partial charge in [0.05, 0.1) is 21.3 Å². The van der Waals surface area contributed by atoms with Crippen LogP contribution in [0.4, 0.5) is 0 Å². The van der Waals surface area contributed by atoms with Gasteiger partial charge in [-0.05, 0) is 25.0 Å². The lowest BCUT2D eigenvalue weighted by atomic mass is 10.2. The zero-order chi connectivity index (χ0) is 15.9. The first-order valence-electron chi connectivity index (χ1n) is 6.73. The van der Waals surface area contributed by atoms with Gasteiger partial charge in [-0.3, -0.25) is 9.59 Å². The lowest BCUT2D eigenvalue weighted by molar-refractivity contribution is -0.137. The Morgan fingerprint density at radius 2 is 2.14 bits per heavy atom. The summed E-state index contributed by atoms with van der Waals surface area (Å²) >= 11 is 8.85. The predicted molar refractivity (Wildman–Crippen MR) is 88.6 cm³/mol. The Balaban J connectivity index is 1.75. The van der Waals surface area contributed by atoms with Crippen LogP contribution in [0.25, 0.3) is 9.88 Å². The first kappa shape index (κ1) is 16.9. The van der Waals surface area contributed by atoms with E-state index in [0.717, 1.165) is 15.6 Å². The fraction of sp³-hybridized carbons (Fsp3) is 0.357. The predicted octanol–water partition coefficient (Wildman–Crippen LogP) is 3.44. The van der Waals surface area contributed by atoms with Crippen LogP contribution in [0.15, 0.2) is 17.5 Å². The van der Waals surface area contributed by atoms with E-state index in [2.05, 4.69) is 10.3 Å². The molecule has 0 aliphatic carbocycles. The van der Waals surface area contributed by atoms with Crippen molar-refractivity contribution in [3.05, 3.63) is 27.5 Å². The van der Waals surface area contributed by atoms with Gasteiger partial charge in [-0.15, -0.1) is 22.7 Å². The standard InChI is InChI=1S/C14H15ClN2O3S2/c15-11-5-4-10(22-11)14-17-9(8-21-14)7-12(18)16-6-2-1-3-13(19)20/h4-5,8H,1-3,6-7H2,(H,16,18)(H,19,20).